The number of halogens is 1. The minimum Gasteiger partial charge on any atom is -0.463 e. The van der Waals surface area contributed by atoms with Gasteiger partial charge >= 0.3 is 5.97 Å². The Morgan fingerprint density at radius 3 is 2.38 bits per heavy atom. The van der Waals surface area contributed by atoms with Crippen molar-refractivity contribution in [3.63, 3.8) is 0 Å². The number of rotatable bonds is 7. The molecule has 0 aromatic heterocycles. The van der Waals surface area contributed by atoms with Crippen LogP contribution in [0.4, 0.5) is 4.39 Å². The van der Waals surface area contributed by atoms with Crippen LogP contribution >= 0.6 is 0 Å². The first-order valence-electron chi connectivity index (χ1n) is 6.53. The van der Waals surface area contributed by atoms with E-state index in [9.17, 15) is 18.8 Å². The first-order valence-corrected chi connectivity index (χ1v) is 6.53. The number of esters is 1. The molecule has 1 aromatic carbocycles. The molecule has 0 saturated carbocycles. The number of hydrogen-bond acceptors (Lipinski definition) is 4. The van der Waals surface area contributed by atoms with Crippen molar-refractivity contribution in [3.8, 4) is 0 Å². The third-order valence-electron chi connectivity index (χ3n) is 3.02. The predicted molar refractivity (Wildman–Crippen MR) is 74.0 cm³/mol. The van der Waals surface area contributed by atoms with E-state index in [1.54, 1.807) is 19.2 Å². The number of methoxy groups -OCH3 is 1. The molecule has 0 radical (unpaired) electrons. The number of ether oxygens (including phenoxy) is 1. The fourth-order valence-electron chi connectivity index (χ4n) is 1.75. The van der Waals surface area contributed by atoms with Crippen molar-refractivity contribution >= 4 is 17.7 Å². The van der Waals surface area contributed by atoms with Crippen LogP contribution in [0.2, 0.25) is 0 Å². The number of nitrogens with zero attached hydrogens (tertiary/aromatic N) is 1. The van der Waals surface area contributed by atoms with Gasteiger partial charge < -0.3 is 9.64 Å². The van der Waals surface area contributed by atoms with E-state index in [2.05, 4.69) is 4.74 Å². The normalized spacial score (nSPS) is 10.0. The highest BCUT2D eigenvalue weighted by Crippen LogP contribution is 2.06. The first kappa shape index (κ1) is 16.8. The molecule has 6 heteroatoms. The Hall–Kier alpha value is -2.24. The average molecular weight is 295 g/mol. The highest BCUT2D eigenvalue weighted by atomic mass is 19.1. The van der Waals surface area contributed by atoms with E-state index in [0.29, 0.717) is 19.4 Å². The topological polar surface area (TPSA) is 63.7 Å². The summed E-state index contributed by atoms with van der Waals surface area (Å²) in [5.74, 6) is -2.58. The number of benzene rings is 1. The molecule has 0 unspecified atom stereocenters. The summed E-state index contributed by atoms with van der Waals surface area (Å²) in [6.07, 6.45) is 0.892. The van der Waals surface area contributed by atoms with Crippen molar-refractivity contribution in [3.05, 3.63) is 35.6 Å². The summed E-state index contributed by atoms with van der Waals surface area (Å²) in [7, 11) is 2.66. The average Bonchev–Trinajstić information content (AvgIpc) is 2.48. The van der Waals surface area contributed by atoms with Crippen LogP contribution in [0.15, 0.2) is 24.3 Å². The summed E-state index contributed by atoms with van der Waals surface area (Å²) in [5.41, 5.74) is 0.975. The first-order chi connectivity index (χ1) is 9.93. The summed E-state index contributed by atoms with van der Waals surface area (Å²) in [6.45, 7) is 0.449. The van der Waals surface area contributed by atoms with Crippen molar-refractivity contribution in [2.75, 3.05) is 20.7 Å². The standard InChI is InChI=1S/C15H18FNO4/c1-17(14(19)10-13(18)15(20)21-2)9-3-4-11-5-7-12(16)8-6-11/h5-8H,3-4,9-10H2,1-2H3. The summed E-state index contributed by atoms with van der Waals surface area (Å²) >= 11 is 0. The fraction of sp³-hybridized carbons (Fsp3) is 0.400. The summed E-state index contributed by atoms with van der Waals surface area (Å²) < 4.78 is 17.0. The molecule has 0 N–H and O–H groups in total. The highest BCUT2D eigenvalue weighted by molar-refractivity contribution is 6.36. The number of ketones is 1. The molecule has 1 amide bonds. The third kappa shape index (κ3) is 5.72. The third-order valence-corrected chi connectivity index (χ3v) is 3.02. The highest BCUT2D eigenvalue weighted by Gasteiger charge is 2.20. The molecule has 0 aliphatic heterocycles. The van der Waals surface area contributed by atoms with Gasteiger partial charge in [-0.15, -0.1) is 0 Å². The van der Waals surface area contributed by atoms with Gasteiger partial charge in [0.05, 0.1) is 13.5 Å². The second-order valence-electron chi connectivity index (χ2n) is 4.64. The van der Waals surface area contributed by atoms with E-state index in [1.807, 2.05) is 0 Å². The minimum atomic E-state index is -1.01. The predicted octanol–water partition coefficient (Wildman–Crippen LogP) is 1.35. The van der Waals surface area contributed by atoms with Crippen molar-refractivity contribution in [2.24, 2.45) is 0 Å². The lowest BCUT2D eigenvalue weighted by Gasteiger charge is -2.16. The van der Waals surface area contributed by atoms with Crippen LogP contribution in [0, 0.1) is 5.82 Å². The largest absolute Gasteiger partial charge is 0.463 e. The van der Waals surface area contributed by atoms with Gasteiger partial charge in [-0.3, -0.25) is 9.59 Å². The Bertz CT molecular complexity index is 513. The molecule has 0 aliphatic carbocycles. The number of aryl methyl sites for hydroxylation is 1. The molecule has 0 atom stereocenters. The molecule has 114 valence electrons. The minimum absolute atomic E-state index is 0.285. The molecule has 0 fully saturated rings. The fourth-order valence-corrected chi connectivity index (χ4v) is 1.75. The van der Waals surface area contributed by atoms with Crippen LogP contribution in [0.25, 0.3) is 0 Å². The molecular formula is C15H18FNO4. The van der Waals surface area contributed by atoms with E-state index in [0.717, 1.165) is 12.7 Å². The smallest absolute Gasteiger partial charge is 0.374 e. The number of Topliss-reactive ketones (excluding diaryl/α,β-unsaturated/α-hetero) is 1. The summed E-state index contributed by atoms with van der Waals surface area (Å²) in [6, 6.07) is 6.16. The maximum absolute atomic E-state index is 12.7. The second-order valence-corrected chi connectivity index (χ2v) is 4.64. The Morgan fingerprint density at radius 2 is 1.81 bits per heavy atom. The van der Waals surface area contributed by atoms with Crippen LogP contribution in [0.1, 0.15) is 18.4 Å². The molecule has 0 bridgehead atoms. The quantitative estimate of drug-likeness (QED) is 0.433. The van der Waals surface area contributed by atoms with E-state index in [1.165, 1.54) is 17.0 Å². The molecular weight excluding hydrogens is 277 g/mol. The molecule has 0 heterocycles. The van der Waals surface area contributed by atoms with Gasteiger partial charge in [0.15, 0.2) is 0 Å². The zero-order chi connectivity index (χ0) is 15.8. The van der Waals surface area contributed by atoms with E-state index >= 15 is 0 Å². The zero-order valence-electron chi connectivity index (χ0n) is 12.1. The summed E-state index contributed by atoms with van der Waals surface area (Å²) in [5, 5.41) is 0. The molecule has 1 aromatic rings. The number of hydrogen-bond donors (Lipinski definition) is 0. The van der Waals surface area contributed by atoms with Gasteiger partial charge in [-0.05, 0) is 30.5 Å². The summed E-state index contributed by atoms with van der Waals surface area (Å²) in [4.78, 5) is 35.3. The zero-order valence-corrected chi connectivity index (χ0v) is 12.1. The van der Waals surface area contributed by atoms with Gasteiger partial charge in [0.25, 0.3) is 0 Å². The SMILES string of the molecule is COC(=O)C(=O)CC(=O)N(C)CCCc1ccc(F)cc1. The number of carbonyl (C=O) groups excluding carboxylic acids is 3. The molecule has 0 aliphatic rings. The Morgan fingerprint density at radius 1 is 1.19 bits per heavy atom. The van der Waals surface area contributed by atoms with Gasteiger partial charge in [-0.1, -0.05) is 12.1 Å². The Labute approximate surface area is 122 Å². The van der Waals surface area contributed by atoms with Crippen LogP contribution in [0.5, 0.6) is 0 Å². The van der Waals surface area contributed by atoms with Gasteiger partial charge in [-0.2, -0.15) is 0 Å². The van der Waals surface area contributed by atoms with Crippen LogP contribution in [0.3, 0.4) is 0 Å². The van der Waals surface area contributed by atoms with E-state index in [4.69, 9.17) is 0 Å². The molecule has 0 saturated heterocycles. The van der Waals surface area contributed by atoms with Crippen LogP contribution in [-0.4, -0.2) is 43.3 Å². The Kier molecular flexibility index (Phi) is 6.52. The molecule has 5 nitrogen and oxygen atoms in total. The monoisotopic (exact) mass is 295 g/mol. The lowest BCUT2D eigenvalue weighted by molar-refractivity contribution is -0.153. The molecule has 21 heavy (non-hydrogen) atoms. The van der Waals surface area contributed by atoms with Crippen molar-refractivity contribution in [1.29, 1.82) is 0 Å². The maximum atomic E-state index is 12.7. The van der Waals surface area contributed by atoms with Crippen molar-refractivity contribution in [1.82, 2.24) is 4.90 Å². The van der Waals surface area contributed by atoms with Gasteiger partial charge in [-0.25, -0.2) is 9.18 Å². The lowest BCUT2D eigenvalue weighted by atomic mass is 10.1. The second kappa shape index (κ2) is 8.14. The maximum Gasteiger partial charge on any atom is 0.374 e. The Balaban J connectivity index is 2.34. The number of carbonyl (C=O) groups is 3. The van der Waals surface area contributed by atoms with Crippen molar-refractivity contribution in [2.45, 2.75) is 19.3 Å². The van der Waals surface area contributed by atoms with Crippen LogP contribution in [-0.2, 0) is 25.5 Å². The van der Waals surface area contributed by atoms with Gasteiger partial charge in [0.2, 0.25) is 11.7 Å². The number of amides is 1. The van der Waals surface area contributed by atoms with E-state index in [-0.39, 0.29) is 5.82 Å². The van der Waals surface area contributed by atoms with Crippen molar-refractivity contribution < 1.29 is 23.5 Å². The molecule has 0 spiro atoms. The van der Waals surface area contributed by atoms with Crippen LogP contribution < -0.4 is 0 Å². The molecule has 1 rings (SSSR count). The van der Waals surface area contributed by atoms with E-state index < -0.39 is 24.1 Å². The van der Waals surface area contributed by atoms with Gasteiger partial charge in [0.1, 0.15) is 5.82 Å². The van der Waals surface area contributed by atoms with Gasteiger partial charge in [0, 0.05) is 13.6 Å². The lowest BCUT2D eigenvalue weighted by Crippen LogP contribution is -2.31.